The van der Waals surface area contributed by atoms with Crippen LogP contribution in [-0.2, 0) is 4.79 Å². The summed E-state index contributed by atoms with van der Waals surface area (Å²) in [7, 11) is 0. The molecule has 2 rings (SSSR count). The summed E-state index contributed by atoms with van der Waals surface area (Å²) in [6.45, 7) is 6.29. The maximum atomic E-state index is 10.7. The lowest BCUT2D eigenvalue weighted by molar-refractivity contribution is -0.137. The van der Waals surface area contributed by atoms with E-state index in [1.165, 1.54) is 5.57 Å². The molecule has 0 aromatic carbocycles. The van der Waals surface area contributed by atoms with Gasteiger partial charge in [0.2, 0.25) is 0 Å². The molecule has 0 radical (unpaired) electrons. The van der Waals surface area contributed by atoms with Gasteiger partial charge in [0.25, 0.3) is 0 Å². The Kier molecular flexibility index (Phi) is 8.11. The molecule has 0 spiro atoms. The molecule has 0 heterocycles. The summed E-state index contributed by atoms with van der Waals surface area (Å²) in [5.74, 6) is 0.0562. The van der Waals surface area contributed by atoms with Gasteiger partial charge < -0.3 is 15.3 Å². The van der Waals surface area contributed by atoms with Crippen molar-refractivity contribution < 1.29 is 20.1 Å². The number of rotatable bonds is 11. The van der Waals surface area contributed by atoms with E-state index in [-0.39, 0.29) is 18.4 Å². The number of allylic oxidation sites excluding steroid dienone is 3. The van der Waals surface area contributed by atoms with Crippen LogP contribution in [0.3, 0.4) is 0 Å². The molecule has 0 aliphatic heterocycles. The van der Waals surface area contributed by atoms with Crippen LogP contribution in [0.4, 0.5) is 0 Å². The first-order valence-electron chi connectivity index (χ1n) is 10.1. The zero-order valence-corrected chi connectivity index (χ0v) is 15.9. The molecule has 4 heteroatoms. The van der Waals surface area contributed by atoms with Crippen LogP contribution < -0.4 is 0 Å². The quantitative estimate of drug-likeness (QED) is 0.379. The fourth-order valence-electron chi connectivity index (χ4n) is 4.34. The number of aliphatic hydroxyl groups excluding tert-OH is 2. The minimum Gasteiger partial charge on any atom is -0.481 e. The lowest BCUT2D eigenvalue weighted by Crippen LogP contribution is -2.18. The van der Waals surface area contributed by atoms with Crippen LogP contribution in [0.1, 0.15) is 64.7 Å². The van der Waals surface area contributed by atoms with Crippen molar-refractivity contribution in [3.05, 3.63) is 36.0 Å². The molecular weight excluding hydrogens is 328 g/mol. The third kappa shape index (κ3) is 5.82. The lowest BCUT2D eigenvalue weighted by atomic mass is 9.87. The summed E-state index contributed by atoms with van der Waals surface area (Å²) in [4.78, 5) is 10.7. The molecule has 146 valence electrons. The van der Waals surface area contributed by atoms with E-state index in [0.29, 0.717) is 18.3 Å². The van der Waals surface area contributed by atoms with Gasteiger partial charge in [0.1, 0.15) is 0 Å². The van der Waals surface area contributed by atoms with E-state index < -0.39 is 12.1 Å². The van der Waals surface area contributed by atoms with Crippen molar-refractivity contribution in [2.75, 3.05) is 0 Å². The first-order valence-corrected chi connectivity index (χ1v) is 10.1. The van der Waals surface area contributed by atoms with Crippen molar-refractivity contribution in [2.45, 2.75) is 76.9 Å². The molecule has 1 fully saturated rings. The SMILES string of the molecule is C=C(CCCC(=O)O)C1=C[C@H]2C[C@@H](O)[C@H](/C=C/[C@@H](O)CCCCC)[C@H]2C1. The van der Waals surface area contributed by atoms with Gasteiger partial charge in [-0.1, -0.05) is 56.6 Å². The standard InChI is InChI=1S/C22H34O4/c1-3-4-5-8-18(23)10-11-19-20-13-16(12-17(20)14-21(19)24)15(2)7-6-9-22(25)26/h10-12,17-21,23-24H,2-9,13-14H2,1H3,(H,25,26)/b11-10+/t17-,18-,19+,20-,21+/m0/s1. The lowest BCUT2D eigenvalue weighted by Gasteiger charge is -2.19. The molecule has 3 N–H and O–H groups in total. The minimum atomic E-state index is -0.763. The number of unbranched alkanes of at least 4 members (excludes halogenated alkanes) is 2. The summed E-state index contributed by atoms with van der Waals surface area (Å²) in [5, 5.41) is 29.3. The van der Waals surface area contributed by atoms with Gasteiger partial charge in [-0.25, -0.2) is 0 Å². The highest BCUT2D eigenvalue weighted by Gasteiger charge is 2.43. The largest absolute Gasteiger partial charge is 0.481 e. The van der Waals surface area contributed by atoms with Crippen LogP contribution in [0.5, 0.6) is 0 Å². The number of carboxylic acid groups (broad SMARTS) is 1. The molecule has 4 nitrogen and oxygen atoms in total. The van der Waals surface area contributed by atoms with E-state index in [4.69, 9.17) is 5.11 Å². The average Bonchev–Trinajstić information content (AvgIpc) is 3.10. The topological polar surface area (TPSA) is 77.8 Å². The Balaban J connectivity index is 1.86. The fourth-order valence-corrected chi connectivity index (χ4v) is 4.34. The van der Waals surface area contributed by atoms with Gasteiger partial charge in [-0.05, 0) is 49.5 Å². The zero-order chi connectivity index (χ0) is 19.1. The molecule has 2 aliphatic rings. The second kappa shape index (κ2) is 10.1. The minimum absolute atomic E-state index is 0.0846. The molecule has 0 saturated heterocycles. The molecule has 26 heavy (non-hydrogen) atoms. The van der Waals surface area contributed by atoms with Crippen molar-refractivity contribution in [1.29, 1.82) is 0 Å². The van der Waals surface area contributed by atoms with Crippen molar-refractivity contribution >= 4 is 5.97 Å². The molecule has 5 atom stereocenters. The molecule has 0 amide bonds. The summed E-state index contributed by atoms with van der Waals surface area (Å²) >= 11 is 0. The van der Waals surface area contributed by atoms with Crippen molar-refractivity contribution in [1.82, 2.24) is 0 Å². The Morgan fingerprint density at radius 2 is 2.12 bits per heavy atom. The predicted octanol–water partition coefficient (Wildman–Crippen LogP) is 4.24. The van der Waals surface area contributed by atoms with E-state index in [1.54, 1.807) is 0 Å². The number of carboxylic acids is 1. The number of aliphatic carboxylic acids is 1. The fraction of sp³-hybridized carbons (Fsp3) is 0.682. The van der Waals surface area contributed by atoms with Gasteiger partial charge in [0, 0.05) is 12.3 Å². The highest BCUT2D eigenvalue weighted by atomic mass is 16.4. The Labute approximate surface area is 157 Å². The highest BCUT2D eigenvalue weighted by molar-refractivity contribution is 5.66. The monoisotopic (exact) mass is 362 g/mol. The van der Waals surface area contributed by atoms with Crippen LogP contribution in [0, 0.1) is 17.8 Å². The molecule has 1 saturated carbocycles. The van der Waals surface area contributed by atoms with Crippen LogP contribution in [-0.4, -0.2) is 33.5 Å². The zero-order valence-electron chi connectivity index (χ0n) is 15.9. The maximum Gasteiger partial charge on any atom is 0.303 e. The molecule has 2 aliphatic carbocycles. The number of hydrogen-bond donors (Lipinski definition) is 3. The van der Waals surface area contributed by atoms with Crippen LogP contribution in [0.25, 0.3) is 0 Å². The Morgan fingerprint density at radius 1 is 1.35 bits per heavy atom. The van der Waals surface area contributed by atoms with E-state index in [1.807, 2.05) is 12.2 Å². The van der Waals surface area contributed by atoms with Gasteiger partial charge in [0.05, 0.1) is 12.2 Å². The van der Waals surface area contributed by atoms with Gasteiger partial charge in [-0.3, -0.25) is 4.79 Å². The molecule has 0 aromatic heterocycles. The Bertz CT molecular complexity index is 548. The van der Waals surface area contributed by atoms with E-state index >= 15 is 0 Å². The molecule has 0 bridgehead atoms. The first kappa shape index (κ1) is 20.9. The van der Waals surface area contributed by atoms with Crippen LogP contribution >= 0.6 is 0 Å². The van der Waals surface area contributed by atoms with E-state index in [0.717, 1.165) is 50.5 Å². The maximum absolute atomic E-state index is 10.7. The second-order valence-electron chi connectivity index (χ2n) is 7.90. The number of hydrogen-bond acceptors (Lipinski definition) is 3. The van der Waals surface area contributed by atoms with Gasteiger partial charge >= 0.3 is 5.97 Å². The van der Waals surface area contributed by atoms with Crippen molar-refractivity contribution in [3.8, 4) is 0 Å². The normalized spacial score (nSPS) is 29.0. The molecule has 0 unspecified atom stereocenters. The van der Waals surface area contributed by atoms with Crippen molar-refractivity contribution in [2.24, 2.45) is 17.8 Å². The number of fused-ring (bicyclic) bond motifs is 1. The van der Waals surface area contributed by atoms with Gasteiger partial charge in [-0.2, -0.15) is 0 Å². The van der Waals surface area contributed by atoms with E-state index in [9.17, 15) is 15.0 Å². The van der Waals surface area contributed by atoms with Gasteiger partial charge in [0.15, 0.2) is 0 Å². The molecule has 0 aromatic rings. The average molecular weight is 363 g/mol. The smallest absolute Gasteiger partial charge is 0.303 e. The number of aliphatic hydroxyl groups is 2. The summed E-state index contributed by atoms with van der Waals surface area (Å²) in [6, 6.07) is 0. The van der Waals surface area contributed by atoms with Crippen molar-refractivity contribution in [3.63, 3.8) is 0 Å². The van der Waals surface area contributed by atoms with Crippen LogP contribution in [0.2, 0.25) is 0 Å². The number of carbonyl (C=O) groups is 1. The summed E-state index contributed by atoms with van der Waals surface area (Å²) in [5.41, 5.74) is 2.27. The first-order chi connectivity index (χ1) is 12.4. The Morgan fingerprint density at radius 3 is 2.81 bits per heavy atom. The third-order valence-electron chi connectivity index (χ3n) is 5.86. The Hall–Kier alpha value is -1.39. The third-order valence-corrected chi connectivity index (χ3v) is 5.86. The highest BCUT2D eigenvalue weighted by Crippen LogP contribution is 2.49. The van der Waals surface area contributed by atoms with Crippen LogP contribution in [0.15, 0.2) is 36.0 Å². The molecular formula is C22H34O4. The van der Waals surface area contributed by atoms with Gasteiger partial charge in [-0.15, -0.1) is 0 Å². The van der Waals surface area contributed by atoms with E-state index in [2.05, 4.69) is 19.6 Å². The predicted molar refractivity (Wildman–Crippen MR) is 104 cm³/mol. The summed E-state index contributed by atoms with van der Waals surface area (Å²) in [6.07, 6.45) is 12.6. The summed E-state index contributed by atoms with van der Waals surface area (Å²) < 4.78 is 0. The second-order valence-corrected chi connectivity index (χ2v) is 7.90.